The molecule has 0 heterocycles. The number of ether oxygens (including phenoxy) is 1. The smallest absolute Gasteiger partial charge is 0.330 e. The van der Waals surface area contributed by atoms with Crippen LogP contribution < -0.4 is 0 Å². The molecule has 0 spiro atoms. The number of rotatable bonds is 4. The number of hydrogen-bond donors (Lipinski definition) is 1. The topological polar surface area (TPSA) is 87.4 Å². The molecule has 118 valence electrons. The second-order valence-corrected chi connectivity index (χ2v) is 8.16. The van der Waals surface area contributed by atoms with Crippen LogP contribution >= 0.6 is 0 Å². The summed E-state index contributed by atoms with van der Waals surface area (Å²) in [5.74, 6) is -1.30. The summed E-state index contributed by atoms with van der Waals surface area (Å²) in [4.78, 5) is 23.4. The number of esters is 1. The molecule has 0 aliphatic heterocycles. The average molecular weight is 303 g/mol. The van der Waals surface area contributed by atoms with Crippen molar-refractivity contribution in [2.75, 3.05) is 6.61 Å². The lowest BCUT2D eigenvalue weighted by molar-refractivity contribution is -0.210. The molecule has 0 radical (unpaired) electrons. The fourth-order valence-electron chi connectivity index (χ4n) is 6.15. The molecule has 5 nitrogen and oxygen atoms in total. The monoisotopic (exact) mass is 303 g/mol. The Morgan fingerprint density at radius 1 is 1.27 bits per heavy atom. The fraction of sp³-hybridized carbons (Fsp3) is 0.706. The Bertz CT molecular complexity index is 608. The van der Waals surface area contributed by atoms with Crippen molar-refractivity contribution in [3.05, 3.63) is 12.7 Å². The molecule has 4 saturated carbocycles. The summed E-state index contributed by atoms with van der Waals surface area (Å²) < 4.78 is 5.28. The highest BCUT2D eigenvalue weighted by molar-refractivity contribution is 5.81. The highest BCUT2D eigenvalue weighted by Gasteiger charge is 2.69. The minimum absolute atomic E-state index is 0.163. The molecule has 0 amide bonds. The second-order valence-electron chi connectivity index (χ2n) is 8.16. The SMILES string of the molecule is C=CC(=O)OCC12CC3(C)CC(C#N)(C1)CC(C(=O)O)(C3)C2. The summed E-state index contributed by atoms with van der Waals surface area (Å²) in [5.41, 5.74) is -2.00. The van der Waals surface area contributed by atoms with Crippen LogP contribution in [0.3, 0.4) is 0 Å². The molecule has 4 bridgehead atoms. The van der Waals surface area contributed by atoms with Gasteiger partial charge in [-0.2, -0.15) is 5.26 Å². The first kappa shape index (κ1) is 15.1. The van der Waals surface area contributed by atoms with Crippen molar-refractivity contribution in [2.45, 2.75) is 45.4 Å². The van der Waals surface area contributed by atoms with Crippen molar-refractivity contribution in [2.24, 2.45) is 21.7 Å². The third kappa shape index (κ3) is 2.05. The van der Waals surface area contributed by atoms with Crippen LogP contribution in [-0.4, -0.2) is 23.7 Å². The highest BCUT2D eigenvalue weighted by Crippen LogP contribution is 2.73. The first-order chi connectivity index (χ1) is 10.2. The second kappa shape index (κ2) is 4.34. The van der Waals surface area contributed by atoms with E-state index >= 15 is 0 Å². The number of aliphatic carboxylic acids is 1. The minimum atomic E-state index is -0.847. The van der Waals surface area contributed by atoms with Gasteiger partial charge in [-0.3, -0.25) is 4.79 Å². The lowest BCUT2D eigenvalue weighted by Crippen LogP contribution is -2.63. The minimum Gasteiger partial charge on any atom is -0.481 e. The maximum atomic E-state index is 12.0. The lowest BCUT2D eigenvalue weighted by Gasteiger charge is -2.66. The van der Waals surface area contributed by atoms with Gasteiger partial charge in [-0.05, 0) is 43.9 Å². The van der Waals surface area contributed by atoms with Gasteiger partial charge in [-0.25, -0.2) is 4.79 Å². The zero-order chi connectivity index (χ0) is 16.2. The van der Waals surface area contributed by atoms with Crippen LogP contribution in [0.2, 0.25) is 0 Å². The summed E-state index contributed by atoms with van der Waals surface area (Å²) in [6.07, 6.45) is 4.87. The zero-order valence-corrected chi connectivity index (χ0v) is 12.9. The summed E-state index contributed by atoms with van der Waals surface area (Å²) in [7, 11) is 0. The van der Waals surface area contributed by atoms with Crippen LogP contribution in [0.1, 0.15) is 45.4 Å². The number of nitrogens with zero attached hydrogens (tertiary/aromatic N) is 1. The molecule has 4 fully saturated rings. The van der Waals surface area contributed by atoms with Crippen molar-refractivity contribution in [1.82, 2.24) is 0 Å². The molecule has 4 aliphatic rings. The van der Waals surface area contributed by atoms with Crippen LogP contribution in [0.4, 0.5) is 0 Å². The van der Waals surface area contributed by atoms with Crippen molar-refractivity contribution in [1.29, 1.82) is 5.26 Å². The largest absolute Gasteiger partial charge is 0.481 e. The van der Waals surface area contributed by atoms with E-state index in [-0.39, 0.29) is 12.0 Å². The molecule has 4 atom stereocenters. The number of carbonyl (C=O) groups excluding carboxylic acids is 1. The van der Waals surface area contributed by atoms with Gasteiger partial charge >= 0.3 is 11.9 Å². The van der Waals surface area contributed by atoms with Gasteiger partial charge in [0.05, 0.1) is 23.5 Å². The van der Waals surface area contributed by atoms with E-state index in [1.165, 1.54) is 0 Å². The molecule has 0 aromatic heterocycles. The van der Waals surface area contributed by atoms with E-state index in [4.69, 9.17) is 4.74 Å². The van der Waals surface area contributed by atoms with Crippen LogP contribution in [0.5, 0.6) is 0 Å². The number of carboxylic acid groups (broad SMARTS) is 1. The molecule has 4 unspecified atom stereocenters. The Labute approximate surface area is 129 Å². The van der Waals surface area contributed by atoms with E-state index in [0.29, 0.717) is 25.7 Å². The van der Waals surface area contributed by atoms with Crippen LogP contribution in [0.25, 0.3) is 0 Å². The Balaban J connectivity index is 1.99. The molecular formula is C17H21NO4. The van der Waals surface area contributed by atoms with Crippen LogP contribution in [-0.2, 0) is 14.3 Å². The van der Waals surface area contributed by atoms with E-state index in [2.05, 4.69) is 19.6 Å². The maximum Gasteiger partial charge on any atom is 0.330 e. The Hall–Kier alpha value is -1.83. The standard InChI is InChI=1S/C17H21NO4/c1-3-12(19)22-11-16-5-14(2)4-15(7-16,10-18)8-17(6-14,9-16)13(20)21/h3H,1,4-9,11H2,2H3,(H,20,21). The van der Waals surface area contributed by atoms with Gasteiger partial charge in [0.25, 0.3) is 0 Å². The Kier molecular flexibility index (Phi) is 2.98. The molecule has 22 heavy (non-hydrogen) atoms. The van der Waals surface area contributed by atoms with Crippen LogP contribution in [0.15, 0.2) is 12.7 Å². The molecular weight excluding hydrogens is 282 g/mol. The molecule has 4 aliphatic carbocycles. The van der Waals surface area contributed by atoms with E-state index in [9.17, 15) is 20.0 Å². The van der Waals surface area contributed by atoms with Crippen molar-refractivity contribution >= 4 is 11.9 Å². The molecule has 4 rings (SSSR count). The number of nitriles is 1. The predicted octanol–water partition coefficient (Wildman–Crippen LogP) is 2.67. The summed E-state index contributed by atoms with van der Waals surface area (Å²) >= 11 is 0. The van der Waals surface area contributed by atoms with Crippen LogP contribution in [0, 0.1) is 33.0 Å². The lowest BCUT2D eigenvalue weighted by atomic mass is 9.36. The number of hydrogen-bond acceptors (Lipinski definition) is 4. The molecule has 1 N–H and O–H groups in total. The normalized spacial score (nSPS) is 45.1. The molecule has 0 aromatic carbocycles. The molecule has 0 aromatic rings. The number of carbonyl (C=O) groups is 2. The average Bonchev–Trinajstić information content (AvgIpc) is 2.42. The van der Waals surface area contributed by atoms with Crippen molar-refractivity contribution < 1.29 is 19.4 Å². The quantitative estimate of drug-likeness (QED) is 0.637. The molecule has 5 heteroatoms. The summed E-state index contributed by atoms with van der Waals surface area (Å²) in [6, 6.07) is 2.42. The van der Waals surface area contributed by atoms with Gasteiger partial charge in [0.2, 0.25) is 0 Å². The zero-order valence-electron chi connectivity index (χ0n) is 12.9. The molecule has 0 saturated heterocycles. The summed E-state index contributed by atoms with van der Waals surface area (Å²) in [6.45, 7) is 5.66. The first-order valence-electron chi connectivity index (χ1n) is 7.64. The van der Waals surface area contributed by atoms with Gasteiger partial charge in [-0.1, -0.05) is 13.5 Å². The van der Waals surface area contributed by atoms with E-state index < -0.39 is 28.2 Å². The Morgan fingerprint density at radius 3 is 2.59 bits per heavy atom. The van der Waals surface area contributed by atoms with Gasteiger partial charge in [0.15, 0.2) is 0 Å². The maximum absolute atomic E-state index is 12.0. The van der Waals surface area contributed by atoms with Crippen molar-refractivity contribution in [3.63, 3.8) is 0 Å². The third-order valence-electron chi connectivity index (χ3n) is 5.81. The van der Waals surface area contributed by atoms with Gasteiger partial charge in [-0.15, -0.1) is 0 Å². The van der Waals surface area contributed by atoms with E-state index in [1.54, 1.807) is 0 Å². The van der Waals surface area contributed by atoms with E-state index in [1.807, 2.05) is 0 Å². The van der Waals surface area contributed by atoms with Gasteiger partial charge in [0, 0.05) is 11.5 Å². The predicted molar refractivity (Wildman–Crippen MR) is 77.5 cm³/mol. The number of carboxylic acids is 1. The highest BCUT2D eigenvalue weighted by atomic mass is 16.5. The van der Waals surface area contributed by atoms with Gasteiger partial charge in [0.1, 0.15) is 0 Å². The fourth-order valence-corrected chi connectivity index (χ4v) is 6.15. The first-order valence-corrected chi connectivity index (χ1v) is 7.64. The Morgan fingerprint density at radius 2 is 2.00 bits per heavy atom. The van der Waals surface area contributed by atoms with Gasteiger partial charge < -0.3 is 9.84 Å². The third-order valence-corrected chi connectivity index (χ3v) is 5.81. The van der Waals surface area contributed by atoms with E-state index in [0.717, 1.165) is 18.9 Å². The summed E-state index contributed by atoms with van der Waals surface area (Å²) in [5, 5.41) is 19.5. The van der Waals surface area contributed by atoms with Crippen molar-refractivity contribution in [3.8, 4) is 6.07 Å².